The van der Waals surface area contributed by atoms with Gasteiger partial charge in [0, 0.05) is 31.6 Å². The molecule has 0 heterocycles. The second-order valence-corrected chi connectivity index (χ2v) is 4.27. The Bertz CT molecular complexity index is 188. The third-order valence-corrected chi connectivity index (χ3v) is 2.54. The molecule has 0 unspecified atom stereocenters. The quantitative estimate of drug-likeness (QED) is 0.699. The summed E-state index contributed by atoms with van der Waals surface area (Å²) in [5, 5.41) is 3.27. The summed E-state index contributed by atoms with van der Waals surface area (Å²) in [5.74, 6) is 0.308. The van der Waals surface area contributed by atoms with E-state index in [0.717, 1.165) is 13.1 Å². The van der Waals surface area contributed by atoms with Gasteiger partial charge in [0.1, 0.15) is 0 Å². The van der Waals surface area contributed by atoms with E-state index in [1.54, 1.807) is 0 Å². The first kappa shape index (κ1) is 11.5. The second-order valence-electron chi connectivity index (χ2n) is 4.27. The summed E-state index contributed by atoms with van der Waals surface area (Å²) in [6.45, 7) is 7.93. The number of carbonyl (C=O) groups is 1. The van der Waals surface area contributed by atoms with Crippen LogP contribution in [0.3, 0.4) is 0 Å². The zero-order chi connectivity index (χ0) is 10.6. The molecule has 1 aliphatic carbocycles. The van der Waals surface area contributed by atoms with Crippen LogP contribution in [0.5, 0.6) is 0 Å². The molecular weight excluding hydrogens is 176 g/mol. The van der Waals surface area contributed by atoms with E-state index in [0.29, 0.717) is 24.4 Å². The van der Waals surface area contributed by atoms with Crippen LogP contribution in [-0.2, 0) is 4.79 Å². The molecule has 1 amide bonds. The molecule has 0 aliphatic heterocycles. The van der Waals surface area contributed by atoms with Gasteiger partial charge in [-0.15, -0.1) is 0 Å². The number of carbonyl (C=O) groups excluding carboxylic acids is 1. The largest absolute Gasteiger partial charge is 0.340 e. The van der Waals surface area contributed by atoms with Crippen LogP contribution in [0.2, 0.25) is 0 Å². The highest BCUT2D eigenvalue weighted by atomic mass is 16.2. The van der Waals surface area contributed by atoms with Crippen molar-refractivity contribution in [1.29, 1.82) is 0 Å². The summed E-state index contributed by atoms with van der Waals surface area (Å²) in [6.07, 6.45) is 3.05. The van der Waals surface area contributed by atoms with Crippen molar-refractivity contribution >= 4 is 5.91 Å². The van der Waals surface area contributed by atoms with Crippen molar-refractivity contribution in [1.82, 2.24) is 10.2 Å². The van der Waals surface area contributed by atoms with Gasteiger partial charge in [-0.25, -0.2) is 0 Å². The van der Waals surface area contributed by atoms with Crippen molar-refractivity contribution < 1.29 is 4.79 Å². The highest BCUT2D eigenvalue weighted by Crippen LogP contribution is 2.26. The molecule has 1 rings (SSSR count). The molecule has 14 heavy (non-hydrogen) atoms. The van der Waals surface area contributed by atoms with E-state index in [-0.39, 0.29) is 0 Å². The van der Waals surface area contributed by atoms with E-state index < -0.39 is 0 Å². The fourth-order valence-electron chi connectivity index (χ4n) is 1.64. The summed E-state index contributed by atoms with van der Waals surface area (Å²) in [6, 6.07) is 1.03. The lowest BCUT2D eigenvalue weighted by Crippen LogP contribution is -2.35. The summed E-state index contributed by atoms with van der Waals surface area (Å²) in [5.41, 5.74) is 0. The van der Waals surface area contributed by atoms with Crippen molar-refractivity contribution in [3.05, 3.63) is 0 Å². The maximum atomic E-state index is 11.7. The Morgan fingerprint density at radius 1 is 1.50 bits per heavy atom. The third kappa shape index (κ3) is 3.66. The maximum absolute atomic E-state index is 11.7. The predicted octanol–water partition coefficient (Wildman–Crippen LogP) is 1.39. The molecule has 0 aromatic heterocycles. The minimum atomic E-state index is 0.308. The molecule has 1 N–H and O–H groups in total. The van der Waals surface area contributed by atoms with Crippen molar-refractivity contribution in [3.8, 4) is 0 Å². The van der Waals surface area contributed by atoms with Gasteiger partial charge in [0.15, 0.2) is 0 Å². The summed E-state index contributed by atoms with van der Waals surface area (Å²) < 4.78 is 0. The van der Waals surface area contributed by atoms with Crippen LogP contribution in [0, 0.1) is 0 Å². The topological polar surface area (TPSA) is 32.3 Å². The molecule has 82 valence electrons. The van der Waals surface area contributed by atoms with Gasteiger partial charge in [0.2, 0.25) is 5.91 Å². The summed E-state index contributed by atoms with van der Waals surface area (Å²) in [4.78, 5) is 13.7. The zero-order valence-electron chi connectivity index (χ0n) is 9.55. The first-order valence-corrected chi connectivity index (χ1v) is 5.68. The standard InChI is InChI=1S/C11H22N2O/c1-4-13(10-5-6-10)11(14)7-8-12-9(2)3/h9-10,12H,4-8H2,1-3H3. The van der Waals surface area contributed by atoms with Gasteiger partial charge in [-0.1, -0.05) is 13.8 Å². The molecule has 3 nitrogen and oxygen atoms in total. The summed E-state index contributed by atoms with van der Waals surface area (Å²) >= 11 is 0. The van der Waals surface area contributed by atoms with Gasteiger partial charge in [-0.05, 0) is 19.8 Å². The molecule has 0 radical (unpaired) electrons. The van der Waals surface area contributed by atoms with E-state index >= 15 is 0 Å². The Morgan fingerprint density at radius 2 is 2.14 bits per heavy atom. The number of hydrogen-bond donors (Lipinski definition) is 1. The monoisotopic (exact) mass is 198 g/mol. The van der Waals surface area contributed by atoms with E-state index in [2.05, 4.69) is 26.1 Å². The average molecular weight is 198 g/mol. The molecule has 0 aromatic rings. The molecule has 0 saturated heterocycles. The Labute approximate surface area is 86.9 Å². The molecule has 0 bridgehead atoms. The van der Waals surface area contributed by atoms with Crippen molar-refractivity contribution in [2.75, 3.05) is 13.1 Å². The van der Waals surface area contributed by atoms with Gasteiger partial charge in [-0.2, -0.15) is 0 Å². The Kier molecular flexibility index (Phi) is 4.39. The molecule has 3 heteroatoms. The molecular formula is C11H22N2O. The van der Waals surface area contributed by atoms with Crippen LogP contribution in [-0.4, -0.2) is 36.0 Å². The lowest BCUT2D eigenvalue weighted by atomic mass is 10.3. The number of nitrogens with zero attached hydrogens (tertiary/aromatic N) is 1. The lowest BCUT2D eigenvalue weighted by molar-refractivity contribution is -0.131. The highest BCUT2D eigenvalue weighted by Gasteiger charge is 2.30. The molecule has 0 atom stereocenters. The molecule has 1 saturated carbocycles. The minimum absolute atomic E-state index is 0.308. The first-order chi connectivity index (χ1) is 6.65. The van der Waals surface area contributed by atoms with E-state index in [1.807, 2.05) is 4.90 Å². The van der Waals surface area contributed by atoms with Crippen LogP contribution in [0.25, 0.3) is 0 Å². The minimum Gasteiger partial charge on any atom is -0.340 e. The lowest BCUT2D eigenvalue weighted by Gasteiger charge is -2.20. The number of amides is 1. The second kappa shape index (κ2) is 5.35. The van der Waals surface area contributed by atoms with Crippen LogP contribution in [0.15, 0.2) is 0 Å². The highest BCUT2D eigenvalue weighted by molar-refractivity contribution is 5.77. The Morgan fingerprint density at radius 3 is 2.57 bits per heavy atom. The van der Waals surface area contributed by atoms with Crippen molar-refractivity contribution in [2.45, 2.75) is 52.1 Å². The summed E-state index contributed by atoms with van der Waals surface area (Å²) in [7, 11) is 0. The van der Waals surface area contributed by atoms with Gasteiger partial charge < -0.3 is 10.2 Å². The fourth-order valence-corrected chi connectivity index (χ4v) is 1.64. The van der Waals surface area contributed by atoms with E-state index in [1.165, 1.54) is 12.8 Å². The first-order valence-electron chi connectivity index (χ1n) is 5.68. The van der Waals surface area contributed by atoms with Crippen molar-refractivity contribution in [3.63, 3.8) is 0 Å². The van der Waals surface area contributed by atoms with Crippen molar-refractivity contribution in [2.24, 2.45) is 0 Å². The van der Waals surface area contributed by atoms with Gasteiger partial charge in [0.05, 0.1) is 0 Å². The fraction of sp³-hybridized carbons (Fsp3) is 0.909. The molecule has 1 aliphatic rings. The SMILES string of the molecule is CCN(C(=O)CCNC(C)C)C1CC1. The smallest absolute Gasteiger partial charge is 0.224 e. The van der Waals surface area contributed by atoms with Gasteiger partial charge in [-0.3, -0.25) is 4.79 Å². The van der Waals surface area contributed by atoms with Crippen LogP contribution in [0.1, 0.15) is 40.0 Å². The zero-order valence-corrected chi connectivity index (χ0v) is 9.55. The number of hydrogen-bond acceptors (Lipinski definition) is 2. The van der Waals surface area contributed by atoms with Crippen LogP contribution in [0.4, 0.5) is 0 Å². The van der Waals surface area contributed by atoms with Crippen LogP contribution < -0.4 is 5.32 Å². The molecule has 0 aromatic carbocycles. The van der Waals surface area contributed by atoms with Gasteiger partial charge in [0.25, 0.3) is 0 Å². The molecule has 1 fully saturated rings. The molecule has 0 spiro atoms. The Hall–Kier alpha value is -0.570. The predicted molar refractivity (Wildman–Crippen MR) is 58.2 cm³/mol. The van der Waals surface area contributed by atoms with E-state index in [4.69, 9.17) is 0 Å². The third-order valence-electron chi connectivity index (χ3n) is 2.54. The number of nitrogens with one attached hydrogen (secondary N) is 1. The van der Waals surface area contributed by atoms with E-state index in [9.17, 15) is 4.79 Å². The van der Waals surface area contributed by atoms with Gasteiger partial charge >= 0.3 is 0 Å². The number of rotatable bonds is 6. The normalized spacial score (nSPS) is 16.0. The van der Waals surface area contributed by atoms with Crippen LogP contribution >= 0.6 is 0 Å². The maximum Gasteiger partial charge on any atom is 0.224 e. The Balaban J connectivity index is 2.18. The average Bonchev–Trinajstić information content (AvgIpc) is 2.89.